The summed E-state index contributed by atoms with van der Waals surface area (Å²) in [6, 6.07) is 45.6. The molecule has 0 atom stereocenters. The number of benzene rings is 6. The van der Waals surface area contributed by atoms with E-state index in [1.165, 1.54) is 92.7 Å². The molecule has 0 saturated heterocycles. The van der Waals surface area contributed by atoms with Gasteiger partial charge in [0.05, 0.1) is 5.69 Å². The molecule has 0 amide bonds. The number of allylic oxidation sites excluding steroid dienone is 6. The van der Waals surface area contributed by atoms with Gasteiger partial charge in [-0.3, -0.25) is 0 Å². The van der Waals surface area contributed by atoms with E-state index in [1.54, 1.807) is 0 Å². The Morgan fingerprint density at radius 3 is 2.25 bits per heavy atom. The van der Waals surface area contributed by atoms with E-state index in [1.807, 2.05) is 17.4 Å². The summed E-state index contributed by atoms with van der Waals surface area (Å²) >= 11 is 1.87. The van der Waals surface area contributed by atoms with Gasteiger partial charge in [-0.1, -0.05) is 110 Å². The van der Waals surface area contributed by atoms with Gasteiger partial charge < -0.3 is 4.90 Å². The van der Waals surface area contributed by atoms with Gasteiger partial charge in [0.25, 0.3) is 0 Å². The number of rotatable bonds is 7. The van der Waals surface area contributed by atoms with Crippen molar-refractivity contribution >= 4 is 71.4 Å². The number of thiophene rings is 1. The molecule has 7 aromatic rings. The summed E-state index contributed by atoms with van der Waals surface area (Å²) in [7, 11) is 0. The number of nitrogens with zero attached hydrogens (tertiary/aromatic N) is 1. The Morgan fingerprint density at radius 2 is 1.41 bits per heavy atom. The normalized spacial score (nSPS) is 13.9. The first-order valence-electron chi connectivity index (χ1n) is 18.0. The lowest BCUT2D eigenvalue weighted by Gasteiger charge is -2.29. The second-order valence-electron chi connectivity index (χ2n) is 13.5. The molecule has 2 aliphatic rings. The molecule has 0 radical (unpaired) electrons. The van der Waals surface area contributed by atoms with Crippen LogP contribution in [0.1, 0.15) is 55.0 Å². The predicted molar refractivity (Wildman–Crippen MR) is 224 cm³/mol. The van der Waals surface area contributed by atoms with E-state index in [9.17, 15) is 0 Å². The molecule has 51 heavy (non-hydrogen) atoms. The van der Waals surface area contributed by atoms with Gasteiger partial charge in [0.1, 0.15) is 0 Å². The van der Waals surface area contributed by atoms with Gasteiger partial charge in [-0.05, 0) is 136 Å². The minimum Gasteiger partial charge on any atom is -0.310 e. The average Bonchev–Trinajstić information content (AvgIpc) is 3.49. The van der Waals surface area contributed by atoms with E-state index in [-0.39, 0.29) is 0 Å². The molecule has 0 fully saturated rings. The fourth-order valence-electron chi connectivity index (χ4n) is 8.41. The van der Waals surface area contributed by atoms with E-state index < -0.39 is 0 Å². The number of aryl methyl sites for hydroxylation is 1. The zero-order valence-electron chi connectivity index (χ0n) is 29.3. The minimum atomic E-state index is 0.804. The highest BCUT2D eigenvalue weighted by Crippen LogP contribution is 2.56. The highest BCUT2D eigenvalue weighted by atomic mass is 32.1. The number of hydrogen-bond acceptors (Lipinski definition) is 2. The Morgan fingerprint density at radius 1 is 0.686 bits per heavy atom. The van der Waals surface area contributed by atoms with Crippen molar-refractivity contribution in [2.75, 3.05) is 4.90 Å². The van der Waals surface area contributed by atoms with Crippen LogP contribution >= 0.6 is 11.3 Å². The molecule has 2 aliphatic carbocycles. The Balaban J connectivity index is 1.37. The molecule has 4 bridgehead atoms. The Hall–Kier alpha value is -5.70. The van der Waals surface area contributed by atoms with Gasteiger partial charge in [-0.25, -0.2) is 0 Å². The van der Waals surface area contributed by atoms with E-state index in [0.717, 1.165) is 24.2 Å². The van der Waals surface area contributed by atoms with Crippen molar-refractivity contribution in [3.8, 4) is 22.3 Å². The van der Waals surface area contributed by atoms with Gasteiger partial charge in [-0.2, -0.15) is 0 Å². The molecule has 0 N–H and O–H groups in total. The van der Waals surface area contributed by atoms with Crippen LogP contribution in [0.4, 0.5) is 17.1 Å². The third-order valence-electron chi connectivity index (χ3n) is 10.6. The van der Waals surface area contributed by atoms with Gasteiger partial charge in [-0.15, -0.1) is 17.9 Å². The van der Waals surface area contributed by atoms with E-state index in [2.05, 4.69) is 172 Å². The van der Waals surface area contributed by atoms with Gasteiger partial charge in [0, 0.05) is 31.5 Å². The summed E-state index contributed by atoms with van der Waals surface area (Å²) in [4.78, 5) is 2.50. The SMILES string of the molecule is C=CC/C=C1\C2=C(C)c3ccccc3-c3c1cccc3-c1ccc(N(c3ccc(CC)c(/C=C\C)c3)c3cccc4sc5ccccc5c34)cc12. The Labute approximate surface area is 304 Å². The first-order chi connectivity index (χ1) is 25.1. The molecule has 1 nitrogen and oxygen atoms in total. The molecule has 0 unspecified atom stereocenters. The third kappa shape index (κ3) is 4.89. The molecule has 2 heteroatoms. The molecule has 9 rings (SSSR count). The van der Waals surface area contributed by atoms with Crippen LogP contribution in [0.2, 0.25) is 0 Å². The molecular formula is C49H39NS. The lowest BCUT2D eigenvalue weighted by Crippen LogP contribution is -2.12. The summed E-state index contributed by atoms with van der Waals surface area (Å²) in [6.45, 7) is 10.8. The van der Waals surface area contributed by atoms with Crippen LogP contribution in [0.5, 0.6) is 0 Å². The number of anilines is 3. The van der Waals surface area contributed by atoms with E-state index in [4.69, 9.17) is 0 Å². The topological polar surface area (TPSA) is 3.24 Å². The third-order valence-corrected chi connectivity index (χ3v) is 11.8. The van der Waals surface area contributed by atoms with Crippen molar-refractivity contribution in [3.63, 3.8) is 0 Å². The van der Waals surface area contributed by atoms with Crippen molar-refractivity contribution in [2.24, 2.45) is 0 Å². The first kappa shape index (κ1) is 31.3. The maximum absolute atomic E-state index is 4.10. The summed E-state index contributed by atoms with van der Waals surface area (Å²) in [5.41, 5.74) is 19.1. The highest BCUT2D eigenvalue weighted by Gasteiger charge is 2.32. The lowest BCUT2D eigenvalue weighted by molar-refractivity contribution is 1.13. The number of fused-ring (bicyclic) bond motifs is 8. The summed E-state index contributed by atoms with van der Waals surface area (Å²) < 4.78 is 2.60. The number of hydrogen-bond donors (Lipinski definition) is 0. The molecule has 0 spiro atoms. The Bertz CT molecular complexity index is 2640. The fraction of sp³-hybridized carbons (Fsp3) is 0.102. The van der Waals surface area contributed by atoms with Gasteiger partial charge in [0.2, 0.25) is 0 Å². The largest absolute Gasteiger partial charge is 0.310 e. The maximum atomic E-state index is 4.10. The van der Waals surface area contributed by atoms with E-state index in [0.29, 0.717) is 0 Å². The van der Waals surface area contributed by atoms with Gasteiger partial charge in [0.15, 0.2) is 0 Å². The van der Waals surface area contributed by atoms with Crippen molar-refractivity contribution in [1.82, 2.24) is 0 Å². The molecule has 6 aromatic carbocycles. The minimum absolute atomic E-state index is 0.804. The monoisotopic (exact) mass is 673 g/mol. The quantitative estimate of drug-likeness (QED) is 0.152. The summed E-state index contributed by atoms with van der Waals surface area (Å²) in [5, 5.41) is 2.59. The predicted octanol–water partition coefficient (Wildman–Crippen LogP) is 14.7. The van der Waals surface area contributed by atoms with Crippen molar-refractivity contribution < 1.29 is 0 Å². The standard InChI is InChI=1S/C49H39NS/c1-5-8-16-40-41-21-13-20-39-37-28-27-35(30-43(37)47(40)31(4)36-17-9-10-18-38(36)48(39)41)50(34-26-25-32(7-3)33(29-34)15-6-2)44-22-14-24-46-49(44)42-19-11-12-23-45(42)51-46/h5-6,9-30H,1,7-8H2,2-4H3/b15-6-,40-16-. The zero-order chi connectivity index (χ0) is 34.6. The molecule has 1 heterocycles. The molecular weight excluding hydrogens is 635 g/mol. The molecule has 246 valence electrons. The Kier molecular flexibility index (Phi) is 7.71. The second-order valence-corrected chi connectivity index (χ2v) is 14.6. The fourth-order valence-corrected chi connectivity index (χ4v) is 9.54. The van der Waals surface area contributed by atoms with Crippen LogP contribution in [0.15, 0.2) is 146 Å². The van der Waals surface area contributed by atoms with Crippen LogP contribution in [-0.4, -0.2) is 0 Å². The summed E-state index contributed by atoms with van der Waals surface area (Å²) in [6.07, 6.45) is 10.6. The molecule has 0 aliphatic heterocycles. The van der Waals surface area contributed by atoms with Crippen molar-refractivity contribution in [3.05, 3.63) is 174 Å². The maximum Gasteiger partial charge on any atom is 0.0554 e. The zero-order valence-corrected chi connectivity index (χ0v) is 30.1. The first-order valence-corrected chi connectivity index (χ1v) is 18.8. The smallest absolute Gasteiger partial charge is 0.0554 e. The second kappa shape index (κ2) is 12.6. The lowest BCUT2D eigenvalue weighted by atomic mass is 9.84. The van der Waals surface area contributed by atoms with Crippen LogP contribution in [0, 0.1) is 0 Å². The van der Waals surface area contributed by atoms with Crippen LogP contribution < -0.4 is 4.90 Å². The summed E-state index contributed by atoms with van der Waals surface area (Å²) in [5.74, 6) is 0. The van der Waals surface area contributed by atoms with Crippen LogP contribution in [0.3, 0.4) is 0 Å². The molecule has 0 saturated carbocycles. The average molecular weight is 674 g/mol. The van der Waals surface area contributed by atoms with Crippen LogP contribution in [-0.2, 0) is 6.42 Å². The van der Waals surface area contributed by atoms with Crippen LogP contribution in [0.25, 0.3) is 65.2 Å². The van der Waals surface area contributed by atoms with Gasteiger partial charge >= 0.3 is 0 Å². The van der Waals surface area contributed by atoms with Crippen molar-refractivity contribution in [1.29, 1.82) is 0 Å². The molecule has 1 aromatic heterocycles. The highest BCUT2D eigenvalue weighted by molar-refractivity contribution is 7.26. The van der Waals surface area contributed by atoms with Crippen molar-refractivity contribution in [2.45, 2.75) is 33.6 Å². The van der Waals surface area contributed by atoms with E-state index >= 15 is 0 Å².